The molecule has 1 N–H and O–H groups in total. The number of methoxy groups -OCH3 is 1. The van der Waals surface area contributed by atoms with E-state index in [4.69, 9.17) is 4.74 Å². The maximum atomic E-state index is 11.6. The van der Waals surface area contributed by atoms with Crippen LogP contribution in [0.1, 0.15) is 20.8 Å². The van der Waals surface area contributed by atoms with Gasteiger partial charge in [0.1, 0.15) is 0 Å². The molecule has 0 aromatic rings. The zero-order valence-corrected chi connectivity index (χ0v) is 12.1. The Bertz CT molecular complexity index is 272. The van der Waals surface area contributed by atoms with E-state index in [9.17, 15) is 8.42 Å². The summed E-state index contributed by atoms with van der Waals surface area (Å²) < 4.78 is 30.6. The molecule has 4 nitrogen and oxygen atoms in total. The molecule has 0 radical (unpaired) electrons. The predicted octanol–water partition coefficient (Wildman–Crippen LogP) is 1.36. The van der Waals surface area contributed by atoms with Gasteiger partial charge in [0.15, 0.2) is 0 Å². The Morgan fingerprint density at radius 2 is 1.93 bits per heavy atom. The van der Waals surface area contributed by atoms with Gasteiger partial charge in [0.25, 0.3) is 0 Å². The van der Waals surface area contributed by atoms with Crippen LogP contribution >= 0.6 is 15.9 Å². The molecule has 0 spiro atoms. The van der Waals surface area contributed by atoms with Crippen molar-refractivity contribution >= 4 is 26.0 Å². The molecule has 0 heterocycles. The number of hydrogen-bond acceptors (Lipinski definition) is 3. The third-order valence-electron chi connectivity index (χ3n) is 1.50. The lowest BCUT2D eigenvalue weighted by Gasteiger charge is -2.19. The Balaban J connectivity index is 4.06. The first kappa shape index (κ1) is 15.3. The minimum atomic E-state index is -3.19. The van der Waals surface area contributed by atoms with Crippen LogP contribution in [0.5, 0.6) is 0 Å². The van der Waals surface area contributed by atoms with Crippen LogP contribution in [0.25, 0.3) is 0 Å². The number of rotatable bonds is 6. The van der Waals surface area contributed by atoms with Crippen molar-refractivity contribution in [3.8, 4) is 0 Å². The maximum absolute atomic E-state index is 11.6. The molecule has 1 atom stereocenters. The molecule has 1 unspecified atom stereocenters. The molecule has 15 heavy (non-hydrogen) atoms. The molecule has 0 fully saturated rings. The van der Waals surface area contributed by atoms with Gasteiger partial charge in [-0.1, -0.05) is 36.7 Å². The van der Waals surface area contributed by atoms with E-state index in [0.717, 1.165) is 0 Å². The molecule has 6 heteroatoms. The number of alkyl halides is 1. The number of ether oxygens (including phenoxy) is 1. The molecule has 0 bridgehead atoms. The van der Waals surface area contributed by atoms with Crippen LogP contribution in [0.3, 0.4) is 0 Å². The van der Waals surface area contributed by atoms with Crippen molar-refractivity contribution in [3.63, 3.8) is 0 Å². The number of nitrogens with one attached hydrogen (secondary N) is 1. The van der Waals surface area contributed by atoms with Gasteiger partial charge in [0, 0.05) is 13.7 Å². The maximum Gasteiger partial charge on any atom is 0.212 e. The van der Waals surface area contributed by atoms with Crippen molar-refractivity contribution in [1.82, 2.24) is 4.72 Å². The van der Waals surface area contributed by atoms with Crippen LogP contribution < -0.4 is 4.72 Å². The summed E-state index contributed by atoms with van der Waals surface area (Å²) in [6, 6.07) is 0. The molecular formula is C9H20BrNO3S. The van der Waals surface area contributed by atoms with Gasteiger partial charge in [-0.05, 0) is 5.41 Å². The fourth-order valence-electron chi connectivity index (χ4n) is 1.08. The number of halogens is 1. The summed E-state index contributed by atoms with van der Waals surface area (Å²) in [7, 11) is -1.61. The van der Waals surface area contributed by atoms with Gasteiger partial charge in [-0.3, -0.25) is 0 Å². The topological polar surface area (TPSA) is 55.4 Å². The van der Waals surface area contributed by atoms with Crippen molar-refractivity contribution in [2.45, 2.75) is 25.6 Å². The van der Waals surface area contributed by atoms with E-state index in [1.54, 1.807) is 7.11 Å². The second-order valence-corrected chi connectivity index (χ2v) is 7.82. The second kappa shape index (κ2) is 6.18. The molecule has 0 aliphatic carbocycles. The predicted molar refractivity (Wildman–Crippen MR) is 65.8 cm³/mol. The molecule has 0 aliphatic rings. The molecule has 0 saturated heterocycles. The molecule has 0 rings (SSSR count). The third kappa shape index (κ3) is 9.29. The average molecular weight is 302 g/mol. The molecule has 0 aliphatic heterocycles. The Kier molecular flexibility index (Phi) is 6.32. The van der Waals surface area contributed by atoms with E-state index in [1.165, 1.54) is 0 Å². The van der Waals surface area contributed by atoms with E-state index in [0.29, 0.717) is 13.2 Å². The SMILES string of the molecule is COCC(Br)CNS(=O)(=O)CC(C)(C)C. The smallest absolute Gasteiger partial charge is 0.212 e. The summed E-state index contributed by atoms with van der Waals surface area (Å²) in [6.07, 6.45) is 0. The van der Waals surface area contributed by atoms with E-state index in [-0.39, 0.29) is 16.0 Å². The fourth-order valence-corrected chi connectivity index (χ4v) is 3.42. The molecule has 0 amide bonds. The van der Waals surface area contributed by atoms with Gasteiger partial charge < -0.3 is 4.74 Å². The normalized spacial score (nSPS) is 15.3. The zero-order valence-electron chi connectivity index (χ0n) is 9.71. The Morgan fingerprint density at radius 1 is 1.40 bits per heavy atom. The second-order valence-electron chi connectivity index (χ2n) is 4.72. The monoisotopic (exact) mass is 301 g/mol. The molecule has 92 valence electrons. The number of sulfonamides is 1. The largest absolute Gasteiger partial charge is 0.383 e. The summed E-state index contributed by atoms with van der Waals surface area (Å²) in [4.78, 5) is 0.0113. The lowest BCUT2D eigenvalue weighted by atomic mass is 10.0. The van der Waals surface area contributed by atoms with Crippen molar-refractivity contribution in [1.29, 1.82) is 0 Å². The molecule has 0 aromatic heterocycles. The Labute approximate surface area is 101 Å². The molecule has 0 aromatic carbocycles. The summed E-state index contributed by atoms with van der Waals surface area (Å²) in [6.45, 7) is 6.53. The van der Waals surface area contributed by atoms with Gasteiger partial charge in [0.2, 0.25) is 10.0 Å². The van der Waals surface area contributed by atoms with Crippen LogP contribution in [0.4, 0.5) is 0 Å². The first-order valence-electron chi connectivity index (χ1n) is 4.76. The lowest BCUT2D eigenvalue weighted by Crippen LogP contribution is -2.36. The summed E-state index contributed by atoms with van der Waals surface area (Å²) >= 11 is 3.32. The van der Waals surface area contributed by atoms with Crippen LogP contribution in [0.2, 0.25) is 0 Å². The van der Waals surface area contributed by atoms with E-state index < -0.39 is 10.0 Å². The highest BCUT2D eigenvalue weighted by molar-refractivity contribution is 9.09. The van der Waals surface area contributed by atoms with Crippen molar-refractivity contribution in [3.05, 3.63) is 0 Å². The van der Waals surface area contributed by atoms with Gasteiger partial charge in [-0.25, -0.2) is 13.1 Å². The van der Waals surface area contributed by atoms with Gasteiger partial charge in [0.05, 0.1) is 17.2 Å². The van der Waals surface area contributed by atoms with E-state index >= 15 is 0 Å². The van der Waals surface area contributed by atoms with Crippen molar-refractivity contribution in [2.24, 2.45) is 5.41 Å². The van der Waals surface area contributed by atoms with Gasteiger partial charge in [-0.15, -0.1) is 0 Å². The van der Waals surface area contributed by atoms with Crippen LogP contribution in [-0.2, 0) is 14.8 Å². The standard InChI is InChI=1S/C9H20BrNO3S/c1-9(2,3)7-15(12,13)11-5-8(10)6-14-4/h8,11H,5-7H2,1-4H3. The highest BCUT2D eigenvalue weighted by Crippen LogP contribution is 2.15. The van der Waals surface area contributed by atoms with E-state index in [1.807, 2.05) is 20.8 Å². The van der Waals surface area contributed by atoms with Crippen LogP contribution in [-0.4, -0.2) is 39.3 Å². The minimum Gasteiger partial charge on any atom is -0.383 e. The number of hydrogen-bond donors (Lipinski definition) is 1. The third-order valence-corrected chi connectivity index (χ3v) is 3.94. The zero-order chi connectivity index (χ0) is 12.1. The highest BCUT2D eigenvalue weighted by atomic mass is 79.9. The quantitative estimate of drug-likeness (QED) is 0.754. The van der Waals surface area contributed by atoms with Crippen molar-refractivity contribution in [2.75, 3.05) is 26.0 Å². The summed E-state index contributed by atoms with van der Waals surface area (Å²) in [5.74, 6) is 0.132. The first-order valence-corrected chi connectivity index (χ1v) is 7.33. The van der Waals surface area contributed by atoms with Crippen LogP contribution in [0.15, 0.2) is 0 Å². The Hall–Kier alpha value is 0.350. The van der Waals surface area contributed by atoms with Crippen LogP contribution in [0, 0.1) is 5.41 Å². The Morgan fingerprint density at radius 3 is 2.33 bits per heavy atom. The summed E-state index contributed by atoms with van der Waals surface area (Å²) in [5.41, 5.74) is -0.227. The average Bonchev–Trinajstić information content (AvgIpc) is 1.97. The van der Waals surface area contributed by atoms with Gasteiger partial charge in [-0.2, -0.15) is 0 Å². The van der Waals surface area contributed by atoms with Gasteiger partial charge >= 0.3 is 0 Å². The first-order chi connectivity index (χ1) is 6.66. The molecule has 0 saturated carbocycles. The molecular weight excluding hydrogens is 282 g/mol. The lowest BCUT2D eigenvalue weighted by molar-refractivity contribution is 0.201. The van der Waals surface area contributed by atoms with E-state index in [2.05, 4.69) is 20.7 Å². The minimum absolute atomic E-state index is 0.0113. The van der Waals surface area contributed by atoms with Crippen molar-refractivity contribution < 1.29 is 13.2 Å². The highest BCUT2D eigenvalue weighted by Gasteiger charge is 2.21. The fraction of sp³-hybridized carbons (Fsp3) is 1.00. The summed E-state index contributed by atoms with van der Waals surface area (Å²) in [5, 5.41) is 0.